The first-order valence-electron chi connectivity index (χ1n) is 8.68. The summed E-state index contributed by atoms with van der Waals surface area (Å²) < 4.78 is 34.5. The maximum atomic E-state index is 11.5. The van der Waals surface area contributed by atoms with Crippen LogP contribution in [0.1, 0.15) is 26.3 Å². The summed E-state index contributed by atoms with van der Waals surface area (Å²) >= 11 is 0. The first kappa shape index (κ1) is 23.3. The van der Waals surface area contributed by atoms with E-state index in [1.54, 1.807) is 6.07 Å². The molecule has 3 aromatic rings. The predicted octanol–water partition coefficient (Wildman–Crippen LogP) is 0.650. The zero-order valence-corrected chi connectivity index (χ0v) is 20.3. The first-order valence-corrected chi connectivity index (χ1v) is 11.4. The molecule has 0 heterocycles. The molecule has 28 heavy (non-hydrogen) atoms. The van der Waals surface area contributed by atoms with Crippen molar-refractivity contribution in [3.63, 3.8) is 0 Å². The molecule has 0 saturated heterocycles. The fourth-order valence-electron chi connectivity index (χ4n) is 2.91. The Hall–Kier alpha value is -1.000. The average Bonchev–Trinajstić information content (AvgIpc) is 2.62. The molecule has 3 nitrogen and oxygen atoms in total. The van der Waals surface area contributed by atoms with Gasteiger partial charge in [-0.2, -0.15) is 0 Å². The van der Waals surface area contributed by atoms with Crippen LogP contribution < -0.4 is 45.5 Å². The topological polar surface area (TPSA) is 57.2 Å². The summed E-state index contributed by atoms with van der Waals surface area (Å²) in [5.41, 5.74) is 1.30. The Balaban J connectivity index is 0.00000280. The number of hydrogen-bond donors (Lipinski definition) is 0. The van der Waals surface area contributed by atoms with E-state index < -0.39 is 18.0 Å². The van der Waals surface area contributed by atoms with Crippen molar-refractivity contribution in [2.45, 2.75) is 31.1 Å². The van der Waals surface area contributed by atoms with Gasteiger partial charge in [0, 0.05) is 0 Å². The van der Waals surface area contributed by atoms with Crippen molar-refractivity contribution < 1.29 is 42.5 Å². The molecule has 0 aliphatic rings. The molecule has 0 aromatic heterocycles. The van der Waals surface area contributed by atoms with E-state index in [9.17, 15) is 13.0 Å². The summed E-state index contributed by atoms with van der Waals surface area (Å²) in [7, 11) is -5.45. The summed E-state index contributed by atoms with van der Waals surface area (Å²) in [5, 5.41) is 3.07. The Morgan fingerprint density at radius 2 is 1.29 bits per heavy atom. The van der Waals surface area contributed by atoms with Crippen molar-refractivity contribution in [3.8, 4) is 0 Å². The van der Waals surface area contributed by atoms with E-state index in [4.69, 9.17) is 0 Å². The van der Waals surface area contributed by atoms with Crippen molar-refractivity contribution in [1.82, 2.24) is 0 Å². The summed E-state index contributed by atoms with van der Waals surface area (Å²) in [6.45, 7) is 6.51. The average molecular weight is 420 g/mol. The molecule has 0 fully saturated rings. The minimum Gasteiger partial charge on any atom is -0.744 e. The largest absolute Gasteiger partial charge is 1.00 e. The molecular weight excluding hydrogens is 398 g/mol. The monoisotopic (exact) mass is 420 g/mol. The van der Waals surface area contributed by atoms with Crippen molar-refractivity contribution in [3.05, 3.63) is 84.4 Å². The van der Waals surface area contributed by atoms with Crippen LogP contribution in [0.4, 0.5) is 0 Å². The van der Waals surface area contributed by atoms with Gasteiger partial charge in [0.1, 0.15) is 10.1 Å². The van der Waals surface area contributed by atoms with Crippen LogP contribution in [0.15, 0.2) is 83.8 Å². The molecule has 0 aliphatic carbocycles. The van der Waals surface area contributed by atoms with E-state index in [1.807, 2.05) is 36.4 Å². The van der Waals surface area contributed by atoms with E-state index in [2.05, 4.69) is 45.0 Å². The standard InChI is InChI=1S/C22H23O3PS.Na/c1-22(2,3)17-12-14-19(15-13-17)26(18-8-5-4-6-9-18)20-10-7-11-21(16-20)27(23,24)25;/h4-16H,1-3H3,(H,23,24,25);/q;+1/p-1. The third-order valence-electron chi connectivity index (χ3n) is 4.37. The molecule has 6 heteroatoms. The van der Waals surface area contributed by atoms with E-state index in [0.717, 1.165) is 15.9 Å². The van der Waals surface area contributed by atoms with E-state index in [1.165, 1.54) is 17.7 Å². The van der Waals surface area contributed by atoms with Gasteiger partial charge < -0.3 is 4.55 Å². The van der Waals surface area contributed by atoms with Crippen LogP contribution in [-0.4, -0.2) is 13.0 Å². The summed E-state index contributed by atoms with van der Waals surface area (Å²) in [4.78, 5) is -0.185. The van der Waals surface area contributed by atoms with Gasteiger partial charge in [-0.3, -0.25) is 0 Å². The molecule has 0 bridgehead atoms. The Labute approximate surface area is 191 Å². The Kier molecular flexibility index (Phi) is 7.66. The normalized spacial score (nSPS) is 12.9. The predicted molar refractivity (Wildman–Crippen MR) is 112 cm³/mol. The summed E-state index contributed by atoms with van der Waals surface area (Å²) in [6, 6.07) is 24.9. The van der Waals surface area contributed by atoms with Gasteiger partial charge in [-0.1, -0.05) is 87.5 Å². The van der Waals surface area contributed by atoms with Crippen LogP contribution >= 0.6 is 7.92 Å². The Morgan fingerprint density at radius 3 is 1.82 bits per heavy atom. The van der Waals surface area contributed by atoms with Gasteiger partial charge in [0.05, 0.1) is 4.90 Å². The SMILES string of the molecule is CC(C)(C)c1ccc(P(c2ccccc2)c2cccc(S(=O)(=O)[O-])c2)cc1.[Na+]. The molecule has 0 saturated carbocycles. The smallest absolute Gasteiger partial charge is 0.744 e. The molecule has 1 atom stereocenters. The summed E-state index contributed by atoms with van der Waals surface area (Å²) in [6.07, 6.45) is 0. The molecule has 0 aliphatic heterocycles. The van der Waals surface area contributed by atoms with Crippen LogP contribution in [0.3, 0.4) is 0 Å². The molecule has 3 aromatic carbocycles. The van der Waals surface area contributed by atoms with E-state index >= 15 is 0 Å². The number of rotatable bonds is 4. The molecule has 0 amide bonds. The van der Waals surface area contributed by atoms with Gasteiger partial charge in [0.2, 0.25) is 0 Å². The minimum atomic E-state index is -4.49. The van der Waals surface area contributed by atoms with Crippen molar-refractivity contribution in [1.29, 1.82) is 0 Å². The molecular formula is C22H22NaO3PS. The second-order valence-electron chi connectivity index (χ2n) is 7.42. The minimum absolute atomic E-state index is 0. The van der Waals surface area contributed by atoms with Crippen LogP contribution in [0.2, 0.25) is 0 Å². The maximum absolute atomic E-state index is 11.5. The zero-order valence-electron chi connectivity index (χ0n) is 16.6. The van der Waals surface area contributed by atoms with Crippen molar-refractivity contribution in [2.24, 2.45) is 0 Å². The van der Waals surface area contributed by atoms with Crippen molar-refractivity contribution in [2.75, 3.05) is 0 Å². The van der Waals surface area contributed by atoms with Crippen LogP contribution in [0, 0.1) is 0 Å². The van der Waals surface area contributed by atoms with Gasteiger partial charge in [-0.05, 0) is 46.9 Å². The van der Waals surface area contributed by atoms with E-state index in [0.29, 0.717) is 0 Å². The van der Waals surface area contributed by atoms with Gasteiger partial charge in [-0.15, -0.1) is 0 Å². The second-order valence-corrected chi connectivity index (χ2v) is 11.0. The van der Waals surface area contributed by atoms with Crippen LogP contribution in [0.5, 0.6) is 0 Å². The Morgan fingerprint density at radius 1 is 0.750 bits per heavy atom. The van der Waals surface area contributed by atoms with Gasteiger partial charge in [0.25, 0.3) is 0 Å². The van der Waals surface area contributed by atoms with E-state index in [-0.39, 0.29) is 39.9 Å². The Bertz CT molecular complexity index is 1030. The summed E-state index contributed by atoms with van der Waals surface area (Å²) in [5.74, 6) is 0. The third-order valence-corrected chi connectivity index (χ3v) is 7.63. The molecule has 1 unspecified atom stereocenters. The maximum Gasteiger partial charge on any atom is 1.00 e. The molecule has 0 N–H and O–H groups in total. The van der Waals surface area contributed by atoms with Crippen molar-refractivity contribution >= 4 is 34.0 Å². The molecule has 3 rings (SSSR count). The number of benzene rings is 3. The number of hydrogen-bond acceptors (Lipinski definition) is 3. The van der Waals surface area contributed by atoms with Gasteiger partial charge in [-0.25, -0.2) is 8.42 Å². The fraction of sp³-hybridized carbons (Fsp3) is 0.182. The zero-order chi connectivity index (χ0) is 19.7. The fourth-order valence-corrected chi connectivity index (χ4v) is 5.83. The first-order chi connectivity index (χ1) is 12.7. The molecule has 0 radical (unpaired) electrons. The van der Waals surface area contributed by atoms with Gasteiger partial charge >= 0.3 is 29.6 Å². The van der Waals surface area contributed by atoms with Gasteiger partial charge in [0.15, 0.2) is 0 Å². The quantitative estimate of drug-likeness (QED) is 0.354. The molecule has 0 spiro atoms. The second kappa shape index (κ2) is 9.21. The van der Waals surface area contributed by atoms with Crippen LogP contribution in [-0.2, 0) is 15.5 Å². The third kappa shape index (κ3) is 5.54. The van der Waals surface area contributed by atoms with Crippen LogP contribution in [0.25, 0.3) is 0 Å². The molecule has 140 valence electrons.